The lowest BCUT2D eigenvalue weighted by molar-refractivity contribution is -0.871. The number of ether oxygens (including phenoxy) is 1. The topological polar surface area (TPSA) is 85.9 Å². The number of hydrogen-bond acceptors (Lipinski definition) is 4. The quantitative estimate of drug-likeness (QED) is 0.560. The molecule has 2 rings (SSSR count). The van der Waals surface area contributed by atoms with Crippen LogP contribution in [0.5, 0.6) is 5.75 Å². The van der Waals surface area contributed by atoms with E-state index in [-0.39, 0.29) is 23.8 Å². The van der Waals surface area contributed by atoms with Crippen molar-refractivity contribution in [3.63, 3.8) is 0 Å². The van der Waals surface area contributed by atoms with Gasteiger partial charge in [0.15, 0.2) is 6.54 Å². The van der Waals surface area contributed by atoms with E-state index in [4.69, 9.17) is 4.74 Å². The van der Waals surface area contributed by atoms with E-state index in [0.29, 0.717) is 13.2 Å². The maximum atomic E-state index is 12.1. The van der Waals surface area contributed by atoms with Crippen LogP contribution in [0.25, 0.3) is 0 Å². The standard InChI is InChI=1S/C18H21N3O4/c1-14-8-9-16(17(12-14)21(23)24)19-18(22)13-20(2)10-11-25-15-6-4-3-5-7-15/h3-9,12H,10-11,13H2,1-2H3,(H,19,22)/p+1. The number of nitrogens with one attached hydrogen (secondary N) is 2. The zero-order chi connectivity index (χ0) is 18.2. The SMILES string of the molecule is Cc1ccc(NC(=O)C[NH+](C)CCOc2ccccc2)c([N+](=O)[O-])c1. The molecule has 0 heterocycles. The lowest BCUT2D eigenvalue weighted by Gasteiger charge is -2.14. The Kier molecular flexibility index (Phi) is 6.47. The van der Waals surface area contributed by atoms with Gasteiger partial charge in [0.2, 0.25) is 0 Å². The monoisotopic (exact) mass is 344 g/mol. The van der Waals surface area contributed by atoms with Crippen molar-refractivity contribution in [3.8, 4) is 5.75 Å². The Hall–Kier alpha value is -2.93. The van der Waals surface area contributed by atoms with Crippen LogP contribution in [0, 0.1) is 17.0 Å². The van der Waals surface area contributed by atoms with Crippen molar-refractivity contribution in [1.29, 1.82) is 0 Å². The maximum Gasteiger partial charge on any atom is 0.293 e. The molecule has 0 fully saturated rings. The normalized spacial score (nSPS) is 11.6. The van der Waals surface area contributed by atoms with Gasteiger partial charge in [-0.2, -0.15) is 0 Å². The second kappa shape index (κ2) is 8.79. The molecule has 0 aliphatic heterocycles. The first-order valence-corrected chi connectivity index (χ1v) is 8.00. The van der Waals surface area contributed by atoms with Gasteiger partial charge in [0, 0.05) is 6.07 Å². The zero-order valence-corrected chi connectivity index (χ0v) is 14.3. The van der Waals surface area contributed by atoms with Crippen LogP contribution in [0.4, 0.5) is 11.4 Å². The predicted octanol–water partition coefficient (Wildman–Crippen LogP) is 1.44. The first-order chi connectivity index (χ1) is 12.0. The highest BCUT2D eigenvalue weighted by Crippen LogP contribution is 2.24. The van der Waals surface area contributed by atoms with Crippen LogP contribution in [0.15, 0.2) is 48.5 Å². The third-order valence-corrected chi connectivity index (χ3v) is 3.63. The number of carbonyl (C=O) groups excluding carboxylic acids is 1. The third-order valence-electron chi connectivity index (χ3n) is 3.63. The molecule has 1 atom stereocenters. The van der Waals surface area contributed by atoms with Gasteiger partial charge in [0.05, 0.1) is 12.0 Å². The summed E-state index contributed by atoms with van der Waals surface area (Å²) in [6.45, 7) is 3.08. The Morgan fingerprint density at radius 3 is 2.64 bits per heavy atom. The van der Waals surface area contributed by atoms with E-state index < -0.39 is 4.92 Å². The fraction of sp³-hybridized carbons (Fsp3) is 0.278. The Morgan fingerprint density at radius 1 is 1.24 bits per heavy atom. The van der Waals surface area contributed by atoms with E-state index in [1.165, 1.54) is 6.07 Å². The number of quaternary nitrogens is 1. The zero-order valence-electron chi connectivity index (χ0n) is 14.3. The minimum atomic E-state index is -0.493. The molecule has 7 heteroatoms. The van der Waals surface area contributed by atoms with Crippen molar-refractivity contribution in [2.75, 3.05) is 32.1 Å². The average Bonchev–Trinajstić information content (AvgIpc) is 2.57. The van der Waals surface area contributed by atoms with Crippen LogP contribution >= 0.6 is 0 Å². The van der Waals surface area contributed by atoms with E-state index in [9.17, 15) is 14.9 Å². The summed E-state index contributed by atoms with van der Waals surface area (Å²) in [5.41, 5.74) is 0.887. The number of amides is 1. The number of benzene rings is 2. The van der Waals surface area contributed by atoms with Gasteiger partial charge in [-0.25, -0.2) is 0 Å². The highest BCUT2D eigenvalue weighted by molar-refractivity contribution is 5.93. The first kappa shape index (κ1) is 18.4. The Labute approximate surface area is 146 Å². The molecule has 25 heavy (non-hydrogen) atoms. The van der Waals surface area contributed by atoms with Gasteiger partial charge in [0.25, 0.3) is 11.6 Å². The predicted molar refractivity (Wildman–Crippen MR) is 95.0 cm³/mol. The van der Waals surface area contributed by atoms with Crippen molar-refractivity contribution in [3.05, 3.63) is 64.2 Å². The van der Waals surface area contributed by atoms with Crippen molar-refractivity contribution < 1.29 is 19.4 Å². The minimum Gasteiger partial charge on any atom is -0.488 e. The molecule has 1 amide bonds. The van der Waals surface area contributed by atoms with Crippen LogP contribution in [-0.4, -0.2) is 37.6 Å². The number of rotatable bonds is 8. The lowest BCUT2D eigenvalue weighted by Crippen LogP contribution is -3.10. The molecule has 0 aromatic heterocycles. The molecule has 2 N–H and O–H groups in total. The smallest absolute Gasteiger partial charge is 0.293 e. The van der Waals surface area contributed by atoms with Crippen LogP contribution in [0.1, 0.15) is 5.56 Å². The third kappa shape index (κ3) is 5.89. The van der Waals surface area contributed by atoms with Crippen molar-refractivity contribution >= 4 is 17.3 Å². The highest BCUT2D eigenvalue weighted by atomic mass is 16.6. The lowest BCUT2D eigenvalue weighted by atomic mass is 10.2. The van der Waals surface area contributed by atoms with Gasteiger partial charge < -0.3 is 15.0 Å². The first-order valence-electron chi connectivity index (χ1n) is 8.00. The molecule has 0 aliphatic carbocycles. The van der Waals surface area contributed by atoms with Gasteiger partial charge >= 0.3 is 0 Å². The Bertz CT molecular complexity index is 734. The Morgan fingerprint density at radius 2 is 1.96 bits per heavy atom. The summed E-state index contributed by atoms with van der Waals surface area (Å²) in [6, 6.07) is 14.2. The summed E-state index contributed by atoms with van der Waals surface area (Å²) >= 11 is 0. The van der Waals surface area contributed by atoms with Crippen LogP contribution in [0.2, 0.25) is 0 Å². The molecule has 132 valence electrons. The molecular weight excluding hydrogens is 322 g/mol. The fourth-order valence-electron chi connectivity index (χ4n) is 2.32. The van der Waals surface area contributed by atoms with E-state index in [2.05, 4.69) is 5.32 Å². The van der Waals surface area contributed by atoms with E-state index in [0.717, 1.165) is 16.2 Å². The summed E-state index contributed by atoms with van der Waals surface area (Å²) in [5.74, 6) is 0.513. The second-order valence-corrected chi connectivity index (χ2v) is 5.87. The number of anilines is 1. The number of para-hydroxylation sites is 1. The molecule has 0 aliphatic rings. The van der Waals surface area contributed by atoms with E-state index >= 15 is 0 Å². The molecule has 2 aromatic carbocycles. The molecule has 1 unspecified atom stereocenters. The molecule has 0 saturated carbocycles. The number of carbonyl (C=O) groups is 1. The highest BCUT2D eigenvalue weighted by Gasteiger charge is 2.17. The molecule has 7 nitrogen and oxygen atoms in total. The van der Waals surface area contributed by atoms with E-state index in [1.54, 1.807) is 19.1 Å². The van der Waals surface area contributed by atoms with Crippen molar-refractivity contribution in [2.24, 2.45) is 0 Å². The van der Waals surface area contributed by atoms with Gasteiger partial charge in [-0.15, -0.1) is 0 Å². The summed E-state index contributed by atoms with van der Waals surface area (Å²) in [7, 11) is 1.87. The van der Waals surface area contributed by atoms with Gasteiger partial charge in [-0.1, -0.05) is 24.3 Å². The largest absolute Gasteiger partial charge is 0.488 e. The number of hydrogen-bond donors (Lipinski definition) is 2. The molecular formula is C18H22N3O4+. The molecule has 0 radical (unpaired) electrons. The van der Waals surface area contributed by atoms with Crippen LogP contribution in [0.3, 0.4) is 0 Å². The maximum absolute atomic E-state index is 12.1. The van der Waals surface area contributed by atoms with Gasteiger partial charge in [0.1, 0.15) is 24.6 Å². The van der Waals surface area contributed by atoms with Gasteiger partial charge in [-0.3, -0.25) is 14.9 Å². The number of nitro groups is 1. The molecule has 2 aromatic rings. The Balaban J connectivity index is 1.82. The summed E-state index contributed by atoms with van der Waals surface area (Å²) in [6.07, 6.45) is 0. The van der Waals surface area contributed by atoms with E-state index in [1.807, 2.05) is 37.4 Å². The average molecular weight is 344 g/mol. The minimum absolute atomic E-state index is 0.0987. The van der Waals surface area contributed by atoms with Gasteiger partial charge in [-0.05, 0) is 30.7 Å². The van der Waals surface area contributed by atoms with Crippen molar-refractivity contribution in [1.82, 2.24) is 0 Å². The molecule has 0 spiro atoms. The fourth-order valence-corrected chi connectivity index (χ4v) is 2.32. The number of aryl methyl sites for hydroxylation is 1. The summed E-state index contributed by atoms with van der Waals surface area (Å²) in [4.78, 5) is 23.7. The summed E-state index contributed by atoms with van der Waals surface area (Å²) in [5, 5.41) is 13.7. The molecule has 0 saturated heterocycles. The summed E-state index contributed by atoms with van der Waals surface area (Å²) < 4.78 is 5.60. The number of likely N-dealkylation sites (N-methyl/N-ethyl adjacent to an activating group) is 1. The van der Waals surface area contributed by atoms with Crippen LogP contribution < -0.4 is 15.0 Å². The second-order valence-electron chi connectivity index (χ2n) is 5.87. The van der Waals surface area contributed by atoms with Crippen molar-refractivity contribution in [2.45, 2.75) is 6.92 Å². The number of nitro benzene ring substituents is 1. The number of nitrogens with zero attached hydrogens (tertiary/aromatic N) is 1. The molecule has 0 bridgehead atoms. The van der Waals surface area contributed by atoms with Crippen LogP contribution in [-0.2, 0) is 4.79 Å².